The fourth-order valence-electron chi connectivity index (χ4n) is 0.806. The number of ether oxygens (including phenoxy) is 2. The van der Waals surface area contributed by atoms with Crippen LogP contribution in [0, 0.1) is 0 Å². The molecule has 0 aromatic heterocycles. The van der Waals surface area contributed by atoms with Crippen molar-refractivity contribution in [3.05, 3.63) is 0 Å². The van der Waals surface area contributed by atoms with Crippen molar-refractivity contribution >= 4 is 5.97 Å². The maximum absolute atomic E-state index is 10.8. The molecule has 1 unspecified atom stereocenters. The van der Waals surface area contributed by atoms with Crippen LogP contribution in [-0.2, 0) is 14.3 Å². The number of hydrogen-bond acceptors (Lipinski definition) is 3. The van der Waals surface area contributed by atoms with Gasteiger partial charge < -0.3 is 9.47 Å². The van der Waals surface area contributed by atoms with Gasteiger partial charge in [-0.25, -0.2) is 0 Å². The number of esters is 1. The minimum absolute atomic E-state index is 0.0241. The van der Waals surface area contributed by atoms with Crippen molar-refractivity contribution in [3.63, 3.8) is 0 Å². The van der Waals surface area contributed by atoms with Crippen molar-refractivity contribution in [1.82, 2.24) is 0 Å². The monoisotopic (exact) mass is 174 g/mol. The molecule has 0 aromatic carbocycles. The third-order valence-corrected chi connectivity index (χ3v) is 1.58. The van der Waals surface area contributed by atoms with Crippen LogP contribution in [0.2, 0.25) is 0 Å². The number of carbonyl (C=O) groups is 1. The fraction of sp³-hybridized carbons (Fsp3) is 0.889. The van der Waals surface area contributed by atoms with E-state index in [4.69, 9.17) is 4.74 Å². The molecule has 0 fully saturated rings. The number of rotatable bonds is 6. The van der Waals surface area contributed by atoms with E-state index >= 15 is 0 Å². The first-order valence-corrected chi connectivity index (χ1v) is 4.39. The standard InChI is InChI=1S/C9H18O3/c1-4-5-6-12-8(2)7-9(10)11-3/h8H,4-7H2,1-3H3. The molecule has 0 aliphatic heterocycles. The van der Waals surface area contributed by atoms with Crippen LogP contribution in [0.3, 0.4) is 0 Å². The maximum Gasteiger partial charge on any atom is 0.308 e. The molecule has 0 saturated heterocycles. The lowest BCUT2D eigenvalue weighted by atomic mass is 10.3. The van der Waals surface area contributed by atoms with Crippen LogP contribution >= 0.6 is 0 Å². The summed E-state index contributed by atoms with van der Waals surface area (Å²) in [6, 6.07) is 0. The lowest BCUT2D eigenvalue weighted by Crippen LogP contribution is -2.15. The Labute approximate surface area is 74.0 Å². The Morgan fingerprint density at radius 3 is 2.67 bits per heavy atom. The average molecular weight is 174 g/mol. The minimum Gasteiger partial charge on any atom is -0.469 e. The SMILES string of the molecule is CCCCOC(C)CC(=O)OC. The van der Waals surface area contributed by atoms with Gasteiger partial charge in [0.25, 0.3) is 0 Å². The van der Waals surface area contributed by atoms with Gasteiger partial charge in [-0.3, -0.25) is 4.79 Å². The third kappa shape index (κ3) is 6.16. The Hall–Kier alpha value is -0.570. The van der Waals surface area contributed by atoms with Gasteiger partial charge in [0.05, 0.1) is 19.6 Å². The molecule has 0 N–H and O–H groups in total. The van der Waals surface area contributed by atoms with Crippen LogP contribution in [-0.4, -0.2) is 25.8 Å². The van der Waals surface area contributed by atoms with E-state index in [1.807, 2.05) is 6.92 Å². The highest BCUT2D eigenvalue weighted by atomic mass is 16.5. The van der Waals surface area contributed by atoms with Gasteiger partial charge in [0.15, 0.2) is 0 Å². The molecule has 0 heterocycles. The Bertz CT molecular complexity index is 123. The zero-order chi connectivity index (χ0) is 9.40. The number of unbranched alkanes of at least 4 members (excludes halogenated alkanes) is 1. The lowest BCUT2D eigenvalue weighted by Gasteiger charge is -2.10. The summed E-state index contributed by atoms with van der Waals surface area (Å²) in [7, 11) is 1.39. The smallest absolute Gasteiger partial charge is 0.308 e. The molecule has 0 amide bonds. The Morgan fingerprint density at radius 1 is 1.50 bits per heavy atom. The van der Waals surface area contributed by atoms with Gasteiger partial charge in [-0.1, -0.05) is 13.3 Å². The highest BCUT2D eigenvalue weighted by Gasteiger charge is 2.08. The number of hydrogen-bond donors (Lipinski definition) is 0. The van der Waals surface area contributed by atoms with Gasteiger partial charge in [0.2, 0.25) is 0 Å². The molecular weight excluding hydrogens is 156 g/mol. The zero-order valence-corrected chi connectivity index (χ0v) is 8.13. The van der Waals surface area contributed by atoms with Gasteiger partial charge in [-0.2, -0.15) is 0 Å². The summed E-state index contributed by atoms with van der Waals surface area (Å²) in [4.78, 5) is 10.8. The van der Waals surface area contributed by atoms with Crippen molar-refractivity contribution in [2.75, 3.05) is 13.7 Å². The molecule has 0 radical (unpaired) electrons. The second kappa shape index (κ2) is 7.10. The summed E-state index contributed by atoms with van der Waals surface area (Å²) < 4.78 is 9.86. The predicted molar refractivity (Wildman–Crippen MR) is 47.0 cm³/mol. The zero-order valence-electron chi connectivity index (χ0n) is 8.13. The summed E-state index contributed by atoms with van der Waals surface area (Å²) in [5.41, 5.74) is 0. The first-order valence-electron chi connectivity index (χ1n) is 4.39. The Kier molecular flexibility index (Phi) is 6.76. The van der Waals surface area contributed by atoms with Crippen molar-refractivity contribution < 1.29 is 14.3 Å². The molecule has 0 aliphatic rings. The maximum atomic E-state index is 10.8. The number of carbonyl (C=O) groups excluding carboxylic acids is 1. The summed E-state index contributed by atoms with van der Waals surface area (Å²) in [5.74, 6) is -0.209. The lowest BCUT2D eigenvalue weighted by molar-refractivity contribution is -0.143. The summed E-state index contributed by atoms with van der Waals surface area (Å²) in [5, 5.41) is 0. The molecule has 0 rings (SSSR count). The molecule has 0 spiro atoms. The molecular formula is C9H18O3. The molecule has 72 valence electrons. The highest BCUT2D eigenvalue weighted by Crippen LogP contribution is 2.00. The largest absolute Gasteiger partial charge is 0.469 e. The van der Waals surface area contributed by atoms with E-state index in [0.717, 1.165) is 19.4 Å². The second-order valence-corrected chi connectivity index (χ2v) is 2.82. The summed E-state index contributed by atoms with van der Waals surface area (Å²) in [6.07, 6.45) is 2.49. The van der Waals surface area contributed by atoms with Crippen LogP contribution < -0.4 is 0 Å². The van der Waals surface area contributed by atoms with Gasteiger partial charge in [0, 0.05) is 6.61 Å². The fourth-order valence-corrected chi connectivity index (χ4v) is 0.806. The molecule has 1 atom stereocenters. The molecule has 3 nitrogen and oxygen atoms in total. The predicted octanol–water partition coefficient (Wildman–Crippen LogP) is 1.75. The van der Waals surface area contributed by atoms with Crippen molar-refractivity contribution in [3.8, 4) is 0 Å². The number of methoxy groups -OCH3 is 1. The summed E-state index contributed by atoms with van der Waals surface area (Å²) >= 11 is 0. The van der Waals surface area contributed by atoms with E-state index in [0.29, 0.717) is 6.42 Å². The van der Waals surface area contributed by atoms with Crippen LogP contribution in [0.25, 0.3) is 0 Å². The van der Waals surface area contributed by atoms with E-state index in [-0.39, 0.29) is 12.1 Å². The van der Waals surface area contributed by atoms with Crippen LogP contribution in [0.4, 0.5) is 0 Å². The Morgan fingerprint density at radius 2 is 2.17 bits per heavy atom. The quantitative estimate of drug-likeness (QED) is 0.454. The molecule has 3 heteroatoms. The van der Waals surface area contributed by atoms with E-state index in [2.05, 4.69) is 11.7 Å². The molecule has 0 bridgehead atoms. The topological polar surface area (TPSA) is 35.5 Å². The molecule has 0 aliphatic carbocycles. The summed E-state index contributed by atoms with van der Waals surface area (Å²) in [6.45, 7) is 4.72. The van der Waals surface area contributed by atoms with Crippen molar-refractivity contribution in [2.45, 2.75) is 39.2 Å². The van der Waals surface area contributed by atoms with Gasteiger partial charge >= 0.3 is 5.97 Å². The average Bonchev–Trinajstić information content (AvgIpc) is 2.05. The van der Waals surface area contributed by atoms with Gasteiger partial charge in [-0.15, -0.1) is 0 Å². The molecule has 12 heavy (non-hydrogen) atoms. The van der Waals surface area contributed by atoms with Crippen molar-refractivity contribution in [1.29, 1.82) is 0 Å². The first kappa shape index (κ1) is 11.4. The van der Waals surface area contributed by atoms with Crippen LogP contribution in [0.1, 0.15) is 33.1 Å². The van der Waals surface area contributed by atoms with Gasteiger partial charge in [0.1, 0.15) is 0 Å². The van der Waals surface area contributed by atoms with Crippen molar-refractivity contribution in [2.24, 2.45) is 0 Å². The molecule has 0 saturated carbocycles. The van der Waals surface area contributed by atoms with Gasteiger partial charge in [-0.05, 0) is 13.3 Å². The normalized spacial score (nSPS) is 12.6. The van der Waals surface area contributed by atoms with Crippen LogP contribution in [0.5, 0.6) is 0 Å². The second-order valence-electron chi connectivity index (χ2n) is 2.82. The van der Waals surface area contributed by atoms with E-state index in [1.54, 1.807) is 0 Å². The minimum atomic E-state index is -0.209. The van der Waals surface area contributed by atoms with E-state index in [9.17, 15) is 4.79 Å². The Balaban J connectivity index is 3.32. The van der Waals surface area contributed by atoms with Crippen LogP contribution in [0.15, 0.2) is 0 Å². The first-order chi connectivity index (χ1) is 5.70. The molecule has 0 aromatic rings. The van der Waals surface area contributed by atoms with E-state index in [1.165, 1.54) is 7.11 Å². The van der Waals surface area contributed by atoms with E-state index < -0.39 is 0 Å². The highest BCUT2D eigenvalue weighted by molar-refractivity contribution is 5.69. The third-order valence-electron chi connectivity index (χ3n) is 1.58.